The summed E-state index contributed by atoms with van der Waals surface area (Å²) in [7, 11) is 0. The number of aromatic nitrogens is 3. The third kappa shape index (κ3) is 6.04. The highest BCUT2D eigenvalue weighted by atomic mass is 35.5. The Kier molecular flexibility index (Phi) is 8.00. The van der Waals surface area contributed by atoms with E-state index in [1.54, 1.807) is 30.0 Å². The molecule has 0 unspecified atom stereocenters. The van der Waals surface area contributed by atoms with E-state index in [-0.39, 0.29) is 6.54 Å². The van der Waals surface area contributed by atoms with E-state index in [1.807, 2.05) is 47.9 Å². The van der Waals surface area contributed by atoms with Crippen molar-refractivity contribution in [3.63, 3.8) is 0 Å². The van der Waals surface area contributed by atoms with Crippen molar-refractivity contribution in [3.8, 4) is 5.69 Å². The summed E-state index contributed by atoms with van der Waals surface area (Å²) in [5, 5.41) is 16.4. The molecular formula is C24H20Cl3N5OS. The summed E-state index contributed by atoms with van der Waals surface area (Å²) in [5.74, 6) is 1.29. The number of nitrogens with zero attached hydrogens (tertiary/aromatic N) is 3. The molecule has 174 valence electrons. The van der Waals surface area contributed by atoms with Crippen LogP contribution in [0.4, 0.5) is 10.5 Å². The molecule has 0 aliphatic heterocycles. The molecule has 0 fully saturated rings. The molecule has 1 heterocycles. The van der Waals surface area contributed by atoms with Gasteiger partial charge in [0.05, 0.1) is 22.9 Å². The van der Waals surface area contributed by atoms with E-state index in [0.29, 0.717) is 31.7 Å². The first-order valence-corrected chi connectivity index (χ1v) is 12.4. The second-order valence-electron chi connectivity index (χ2n) is 7.37. The third-order valence-corrected chi connectivity index (χ3v) is 6.69. The number of benzene rings is 3. The zero-order valence-corrected chi connectivity index (χ0v) is 21.1. The second kappa shape index (κ2) is 11.1. The van der Waals surface area contributed by atoms with Crippen molar-refractivity contribution in [1.29, 1.82) is 0 Å². The Hall–Kier alpha value is -2.71. The number of carbonyl (C=O) groups excluding carboxylic acids is 1. The molecule has 0 spiro atoms. The fourth-order valence-electron chi connectivity index (χ4n) is 3.21. The molecular weight excluding hydrogens is 513 g/mol. The monoisotopic (exact) mass is 531 g/mol. The van der Waals surface area contributed by atoms with Crippen molar-refractivity contribution < 1.29 is 4.79 Å². The first kappa shape index (κ1) is 24.4. The topological polar surface area (TPSA) is 71.8 Å². The minimum atomic E-state index is -0.430. The average Bonchev–Trinajstić information content (AvgIpc) is 3.23. The van der Waals surface area contributed by atoms with E-state index in [9.17, 15) is 4.79 Å². The molecule has 0 atom stereocenters. The number of hydrogen-bond acceptors (Lipinski definition) is 4. The predicted octanol–water partition coefficient (Wildman–Crippen LogP) is 7.15. The van der Waals surface area contributed by atoms with Gasteiger partial charge in [-0.25, -0.2) is 4.79 Å². The SMILES string of the molecule is Cc1ccc(Cl)cc1-n1c(CNC(=O)Nc2ccc(Cl)cc2Cl)nnc1SCc1ccccc1. The maximum atomic E-state index is 12.5. The standard InChI is InChI=1S/C24H20Cl3N5OS/c1-15-7-8-18(26)12-21(15)32-22(30-31-24(32)34-14-16-5-3-2-4-6-16)13-28-23(33)29-20-10-9-17(25)11-19(20)27/h2-12H,13-14H2,1H3,(H2,28,29,33). The van der Waals surface area contributed by atoms with E-state index in [0.717, 1.165) is 17.0 Å². The Labute approximate surface area is 216 Å². The number of amides is 2. The molecule has 3 aromatic carbocycles. The van der Waals surface area contributed by atoms with Gasteiger partial charge < -0.3 is 10.6 Å². The highest BCUT2D eigenvalue weighted by Gasteiger charge is 2.18. The zero-order chi connectivity index (χ0) is 24.1. The molecule has 0 saturated carbocycles. The van der Waals surface area contributed by atoms with Gasteiger partial charge in [0.1, 0.15) is 0 Å². The van der Waals surface area contributed by atoms with Crippen LogP contribution in [0, 0.1) is 6.92 Å². The van der Waals surface area contributed by atoms with E-state index >= 15 is 0 Å². The van der Waals surface area contributed by atoms with E-state index in [4.69, 9.17) is 34.8 Å². The van der Waals surface area contributed by atoms with Crippen molar-refractivity contribution in [3.05, 3.63) is 98.7 Å². The van der Waals surface area contributed by atoms with E-state index in [2.05, 4.69) is 33.0 Å². The number of anilines is 1. The Balaban J connectivity index is 1.55. The Morgan fingerprint density at radius 1 is 0.971 bits per heavy atom. The summed E-state index contributed by atoms with van der Waals surface area (Å²) < 4.78 is 1.92. The number of aryl methyl sites for hydroxylation is 1. The summed E-state index contributed by atoms with van der Waals surface area (Å²) in [6.45, 7) is 2.13. The van der Waals surface area contributed by atoms with Gasteiger partial charge in [0, 0.05) is 15.8 Å². The normalized spacial score (nSPS) is 10.8. The van der Waals surface area contributed by atoms with Crippen molar-refractivity contribution in [2.45, 2.75) is 24.4 Å². The molecule has 0 bridgehead atoms. The lowest BCUT2D eigenvalue weighted by Crippen LogP contribution is -2.29. The highest BCUT2D eigenvalue weighted by molar-refractivity contribution is 7.98. The van der Waals surface area contributed by atoms with Crippen molar-refractivity contribution in [2.24, 2.45) is 0 Å². The molecule has 10 heteroatoms. The van der Waals surface area contributed by atoms with Crippen LogP contribution in [-0.2, 0) is 12.3 Å². The first-order valence-electron chi connectivity index (χ1n) is 10.3. The van der Waals surface area contributed by atoms with Crippen LogP contribution in [0.15, 0.2) is 71.9 Å². The number of rotatable bonds is 7. The molecule has 4 rings (SSSR count). The Morgan fingerprint density at radius 3 is 2.47 bits per heavy atom. The largest absolute Gasteiger partial charge is 0.331 e. The number of nitrogens with one attached hydrogen (secondary N) is 2. The fraction of sp³-hybridized carbons (Fsp3) is 0.125. The lowest BCUT2D eigenvalue weighted by molar-refractivity contribution is 0.251. The van der Waals surface area contributed by atoms with Crippen LogP contribution in [0.3, 0.4) is 0 Å². The Bertz CT molecular complexity index is 1310. The summed E-state index contributed by atoms with van der Waals surface area (Å²) in [6.07, 6.45) is 0. The lowest BCUT2D eigenvalue weighted by atomic mass is 10.2. The molecule has 34 heavy (non-hydrogen) atoms. The van der Waals surface area contributed by atoms with Gasteiger partial charge >= 0.3 is 6.03 Å². The minimum Gasteiger partial charge on any atom is -0.331 e. The van der Waals surface area contributed by atoms with Crippen LogP contribution in [0.1, 0.15) is 17.0 Å². The van der Waals surface area contributed by atoms with Gasteiger partial charge in [0.15, 0.2) is 11.0 Å². The van der Waals surface area contributed by atoms with Gasteiger partial charge in [-0.3, -0.25) is 4.57 Å². The van der Waals surface area contributed by atoms with E-state index in [1.165, 1.54) is 5.56 Å². The number of carbonyl (C=O) groups is 1. The van der Waals surface area contributed by atoms with Gasteiger partial charge in [-0.1, -0.05) is 83.0 Å². The highest BCUT2D eigenvalue weighted by Crippen LogP contribution is 2.29. The number of halogens is 3. The van der Waals surface area contributed by atoms with Crippen LogP contribution < -0.4 is 10.6 Å². The van der Waals surface area contributed by atoms with Crippen molar-refractivity contribution in [1.82, 2.24) is 20.1 Å². The maximum Gasteiger partial charge on any atom is 0.319 e. The van der Waals surface area contributed by atoms with Gasteiger partial charge in [0.25, 0.3) is 0 Å². The van der Waals surface area contributed by atoms with Gasteiger partial charge in [-0.05, 0) is 48.4 Å². The second-order valence-corrected chi connectivity index (χ2v) is 9.59. The molecule has 2 amide bonds. The minimum absolute atomic E-state index is 0.141. The maximum absolute atomic E-state index is 12.5. The predicted molar refractivity (Wildman–Crippen MR) is 139 cm³/mol. The van der Waals surface area contributed by atoms with Crippen molar-refractivity contribution in [2.75, 3.05) is 5.32 Å². The Morgan fingerprint density at radius 2 is 1.71 bits per heavy atom. The summed E-state index contributed by atoms with van der Waals surface area (Å²) in [5.41, 5.74) is 3.48. The van der Waals surface area contributed by atoms with Crippen molar-refractivity contribution >= 4 is 58.3 Å². The average molecular weight is 533 g/mol. The quantitative estimate of drug-likeness (QED) is 0.248. The molecule has 0 saturated heterocycles. The summed E-state index contributed by atoms with van der Waals surface area (Å²) in [6, 6.07) is 20.2. The first-order chi connectivity index (χ1) is 16.4. The molecule has 6 nitrogen and oxygen atoms in total. The lowest BCUT2D eigenvalue weighted by Gasteiger charge is -2.14. The van der Waals surface area contributed by atoms with Crippen LogP contribution in [-0.4, -0.2) is 20.8 Å². The molecule has 1 aromatic heterocycles. The number of urea groups is 1. The smallest absolute Gasteiger partial charge is 0.319 e. The van der Waals surface area contributed by atoms with E-state index < -0.39 is 6.03 Å². The molecule has 0 radical (unpaired) electrons. The van der Waals surface area contributed by atoms with Crippen LogP contribution in [0.2, 0.25) is 15.1 Å². The molecule has 2 N–H and O–H groups in total. The summed E-state index contributed by atoms with van der Waals surface area (Å²) in [4.78, 5) is 12.5. The van der Waals surface area contributed by atoms with Crippen LogP contribution in [0.25, 0.3) is 5.69 Å². The van der Waals surface area contributed by atoms with Crippen LogP contribution in [0.5, 0.6) is 0 Å². The molecule has 4 aromatic rings. The third-order valence-electron chi connectivity index (χ3n) is 4.91. The summed E-state index contributed by atoms with van der Waals surface area (Å²) >= 11 is 19.9. The fourth-order valence-corrected chi connectivity index (χ4v) is 4.75. The molecule has 0 aliphatic carbocycles. The number of hydrogen-bond donors (Lipinski definition) is 2. The van der Waals surface area contributed by atoms with Gasteiger partial charge in [-0.15, -0.1) is 10.2 Å². The van der Waals surface area contributed by atoms with Crippen LogP contribution >= 0.6 is 46.6 Å². The zero-order valence-electron chi connectivity index (χ0n) is 18.1. The van der Waals surface area contributed by atoms with Gasteiger partial charge in [0.2, 0.25) is 0 Å². The molecule has 0 aliphatic rings. The number of thioether (sulfide) groups is 1. The van der Waals surface area contributed by atoms with Gasteiger partial charge in [-0.2, -0.15) is 0 Å².